The number of allylic oxidation sites excluding steroid dienone is 1. The minimum atomic E-state index is -0.609. The Morgan fingerprint density at radius 1 is 1.08 bits per heavy atom. The van der Waals surface area contributed by atoms with Gasteiger partial charge in [-0.05, 0) is 0 Å². The molecule has 0 aromatic heterocycles. The first-order valence-corrected chi connectivity index (χ1v) is 17.1. The summed E-state index contributed by atoms with van der Waals surface area (Å²) in [6.45, 7) is 17.0. The number of aliphatic hydroxyl groups is 1. The van der Waals surface area contributed by atoms with Gasteiger partial charge in [0.1, 0.15) is 0 Å². The van der Waals surface area contributed by atoms with E-state index in [1.54, 1.807) is 5.57 Å². The number of aliphatic carboxylic acids is 1. The molecule has 0 amide bonds. The molecule has 0 bridgehead atoms. The molecule has 36 heavy (non-hydrogen) atoms. The van der Waals surface area contributed by atoms with Gasteiger partial charge in [0.05, 0.1) is 0 Å². The van der Waals surface area contributed by atoms with Crippen LogP contribution in [0, 0.1) is 39.4 Å². The van der Waals surface area contributed by atoms with Crippen LogP contribution in [0.5, 0.6) is 0 Å². The molecule has 2 heterocycles. The van der Waals surface area contributed by atoms with Crippen LogP contribution < -0.4 is 21.2 Å². The van der Waals surface area contributed by atoms with Crippen LogP contribution in [-0.4, -0.2) is 42.3 Å². The van der Waals surface area contributed by atoms with Crippen molar-refractivity contribution in [1.82, 2.24) is 0 Å². The molecule has 0 aromatic rings. The molecule has 4 nitrogen and oxygen atoms in total. The van der Waals surface area contributed by atoms with E-state index in [0.29, 0.717) is 21.9 Å². The summed E-state index contributed by atoms with van der Waals surface area (Å²) >= 11 is 0.0242. The molecular weight excluding hydrogens is 563 g/mol. The van der Waals surface area contributed by atoms with Crippen LogP contribution in [0.2, 0.25) is 0 Å². The maximum atomic E-state index is 12.1. The SMILES string of the molecule is C[C@@H]1CC[C@H](O)C(C)(C)[C@H](CC[C@]2(C)[C@@H](C)C3OC3C=C3[C@@H]4C[C@@H](C(=O)O)CC[C@]4(C)CC[C@]32C)[I-]1. The average molecular weight is 614 g/mol. The molecule has 4 fully saturated rings. The number of carboxylic acids is 1. The van der Waals surface area contributed by atoms with Gasteiger partial charge in [-0.15, -0.1) is 0 Å². The number of fused-ring (bicyclic) bond motifs is 4. The average Bonchev–Trinajstić information content (AvgIpc) is 3.60. The zero-order valence-electron chi connectivity index (χ0n) is 23.6. The molecule has 11 atom stereocenters. The van der Waals surface area contributed by atoms with Crippen LogP contribution in [0.3, 0.4) is 0 Å². The summed E-state index contributed by atoms with van der Waals surface area (Å²) in [6, 6.07) is 0. The fourth-order valence-electron chi connectivity index (χ4n) is 8.90. The summed E-state index contributed by atoms with van der Waals surface area (Å²) in [6.07, 6.45) is 12.3. The first kappa shape index (κ1) is 27.4. The summed E-state index contributed by atoms with van der Waals surface area (Å²) in [5, 5.41) is 21.0. The van der Waals surface area contributed by atoms with Crippen molar-refractivity contribution >= 4 is 5.97 Å². The Balaban J connectivity index is 1.48. The van der Waals surface area contributed by atoms with E-state index in [-0.39, 0.29) is 61.0 Å². The summed E-state index contributed by atoms with van der Waals surface area (Å²) in [7, 11) is 0. The summed E-state index contributed by atoms with van der Waals surface area (Å²) in [5.41, 5.74) is 1.93. The Kier molecular flexibility index (Phi) is 7.02. The second-order valence-corrected chi connectivity index (χ2v) is 18.9. The molecule has 2 unspecified atom stereocenters. The predicted octanol–water partition coefficient (Wildman–Crippen LogP) is 3.45. The summed E-state index contributed by atoms with van der Waals surface area (Å²) < 4.78 is 7.71. The van der Waals surface area contributed by atoms with Gasteiger partial charge in [-0.2, -0.15) is 0 Å². The third kappa shape index (κ3) is 4.24. The number of aliphatic hydroxyl groups excluding tert-OH is 1. The second-order valence-electron chi connectivity index (χ2n) is 14.6. The Morgan fingerprint density at radius 2 is 1.81 bits per heavy atom. The minimum absolute atomic E-state index is 0.0101. The zero-order valence-corrected chi connectivity index (χ0v) is 25.8. The van der Waals surface area contributed by atoms with Gasteiger partial charge in [-0.1, -0.05) is 0 Å². The van der Waals surface area contributed by atoms with E-state index < -0.39 is 5.97 Å². The van der Waals surface area contributed by atoms with Crippen molar-refractivity contribution in [2.24, 2.45) is 39.4 Å². The molecule has 2 saturated carbocycles. The van der Waals surface area contributed by atoms with Crippen molar-refractivity contribution in [3.05, 3.63) is 11.6 Å². The van der Waals surface area contributed by atoms with Crippen molar-refractivity contribution in [3.63, 3.8) is 0 Å². The van der Waals surface area contributed by atoms with Gasteiger partial charge in [0, 0.05) is 0 Å². The maximum absolute atomic E-state index is 12.1. The monoisotopic (exact) mass is 613 g/mol. The van der Waals surface area contributed by atoms with Gasteiger partial charge in [0.2, 0.25) is 0 Å². The molecule has 2 saturated heterocycles. The Bertz CT molecular complexity index is 914. The quantitative estimate of drug-likeness (QED) is 0.221. The van der Waals surface area contributed by atoms with Crippen LogP contribution >= 0.6 is 0 Å². The van der Waals surface area contributed by atoms with Crippen LogP contribution in [0.25, 0.3) is 0 Å². The number of ether oxygens (including phenoxy) is 1. The van der Waals surface area contributed by atoms with Crippen LogP contribution in [0.1, 0.15) is 106 Å². The van der Waals surface area contributed by atoms with E-state index in [4.69, 9.17) is 4.74 Å². The van der Waals surface area contributed by atoms with Gasteiger partial charge in [0.25, 0.3) is 0 Å². The number of halogens is 1. The van der Waals surface area contributed by atoms with E-state index in [1.165, 1.54) is 32.1 Å². The predicted molar refractivity (Wildman–Crippen MR) is 139 cm³/mol. The first-order chi connectivity index (χ1) is 16.7. The first-order valence-electron chi connectivity index (χ1n) is 14.6. The van der Waals surface area contributed by atoms with Gasteiger partial charge in [-0.3, -0.25) is 0 Å². The van der Waals surface area contributed by atoms with Crippen molar-refractivity contribution in [1.29, 1.82) is 0 Å². The Morgan fingerprint density at radius 3 is 2.50 bits per heavy atom. The molecule has 2 aliphatic heterocycles. The van der Waals surface area contributed by atoms with Crippen LogP contribution in [-0.2, 0) is 9.53 Å². The molecule has 2 N–H and O–H groups in total. The molecule has 5 aliphatic rings. The number of hydrogen-bond acceptors (Lipinski definition) is 3. The summed E-state index contributed by atoms with van der Waals surface area (Å²) in [5.74, 6) is -0.000752. The molecule has 5 rings (SSSR count). The van der Waals surface area contributed by atoms with Crippen molar-refractivity contribution in [2.75, 3.05) is 0 Å². The van der Waals surface area contributed by atoms with Crippen molar-refractivity contribution in [2.45, 2.75) is 132 Å². The number of hydrogen-bond donors (Lipinski definition) is 2. The molecule has 3 aliphatic carbocycles. The van der Waals surface area contributed by atoms with Crippen LogP contribution in [0.4, 0.5) is 0 Å². The van der Waals surface area contributed by atoms with Gasteiger partial charge < -0.3 is 0 Å². The molecule has 206 valence electrons. The number of alkyl halides is 2. The fraction of sp³-hybridized carbons (Fsp3) is 0.903. The topological polar surface area (TPSA) is 70.1 Å². The van der Waals surface area contributed by atoms with E-state index >= 15 is 0 Å². The molecule has 5 heteroatoms. The zero-order chi connectivity index (χ0) is 26.3. The third-order valence-electron chi connectivity index (χ3n) is 12.4. The second kappa shape index (κ2) is 9.21. The van der Waals surface area contributed by atoms with Gasteiger partial charge in [-0.25, -0.2) is 0 Å². The standard InChI is InChI=1S/C31H50IO4/c1-18-8-9-25(33)28(3,4)24(32-18)11-13-30(6)19(2)26-23(36-26)17-22-21-16-20(27(34)35)10-12-29(21,5)14-15-31(22,30)7/h17-21,23-26,33H,8-16H2,1-7H3,(H,34,35)/q-1/t18-,19+,20+,21+,23?,24+,25+,26?,29-,30-,31-/m1/s1. The van der Waals surface area contributed by atoms with E-state index in [1.807, 2.05) is 0 Å². The molecule has 0 spiro atoms. The fourth-order valence-corrected chi connectivity index (χ4v) is 13.1. The normalized spacial score (nSPS) is 52.3. The Labute approximate surface area is 229 Å². The number of carbonyl (C=O) groups is 1. The van der Waals surface area contributed by atoms with E-state index in [0.717, 1.165) is 29.6 Å². The number of epoxide rings is 1. The Hall–Kier alpha value is -0.140. The molecule has 0 aromatic carbocycles. The van der Waals surface area contributed by atoms with Gasteiger partial charge >= 0.3 is 230 Å². The number of carboxylic acid groups (broad SMARTS) is 1. The van der Waals surface area contributed by atoms with E-state index in [2.05, 4.69) is 54.5 Å². The van der Waals surface area contributed by atoms with Crippen LogP contribution in [0.15, 0.2) is 11.6 Å². The third-order valence-corrected chi connectivity index (χ3v) is 17.4. The van der Waals surface area contributed by atoms with Crippen molar-refractivity contribution < 1.29 is 40.9 Å². The number of rotatable bonds is 4. The van der Waals surface area contributed by atoms with E-state index in [9.17, 15) is 15.0 Å². The molecule has 0 radical (unpaired) electrons. The van der Waals surface area contributed by atoms with Crippen molar-refractivity contribution in [3.8, 4) is 0 Å². The van der Waals surface area contributed by atoms with Gasteiger partial charge in [0.15, 0.2) is 0 Å². The molecular formula is C31H50IO4-. The summed E-state index contributed by atoms with van der Waals surface area (Å²) in [4.78, 5) is 12.1.